The lowest BCUT2D eigenvalue weighted by Gasteiger charge is -2.30. The molecule has 112 valence electrons. The molecular weight excluding hydrogens is 240 g/mol. The van der Waals surface area contributed by atoms with E-state index in [1.807, 2.05) is 6.92 Å². The van der Waals surface area contributed by atoms with Crippen LogP contribution in [0.1, 0.15) is 59.3 Å². The van der Waals surface area contributed by atoms with Gasteiger partial charge in [-0.15, -0.1) is 0 Å². The lowest BCUT2D eigenvalue weighted by Crippen LogP contribution is -2.51. The number of carbonyl (C=O) groups is 1. The average molecular weight is 270 g/mol. The maximum atomic E-state index is 11.5. The Labute approximate surface area is 117 Å². The minimum atomic E-state index is -0.782. The fourth-order valence-electron chi connectivity index (χ4n) is 2.32. The Kier molecular flexibility index (Phi) is 6.80. The van der Waals surface area contributed by atoms with Gasteiger partial charge in [-0.1, -0.05) is 20.3 Å². The zero-order valence-electron chi connectivity index (χ0n) is 12.7. The summed E-state index contributed by atoms with van der Waals surface area (Å²) in [6.07, 6.45) is 6.63. The van der Waals surface area contributed by atoms with Gasteiger partial charge in [0.1, 0.15) is 5.54 Å². The van der Waals surface area contributed by atoms with E-state index in [1.165, 1.54) is 25.7 Å². The second-order valence-electron chi connectivity index (χ2n) is 5.93. The number of aliphatic carboxylic acids is 1. The highest BCUT2D eigenvalue weighted by molar-refractivity contribution is 5.78. The Morgan fingerprint density at radius 3 is 2.47 bits per heavy atom. The minimum Gasteiger partial charge on any atom is -0.480 e. The minimum absolute atomic E-state index is 0.683. The van der Waals surface area contributed by atoms with Crippen molar-refractivity contribution >= 4 is 5.97 Å². The molecule has 0 amide bonds. The number of carboxylic acid groups (broad SMARTS) is 1. The molecule has 0 saturated heterocycles. The predicted molar refractivity (Wildman–Crippen MR) is 78.5 cm³/mol. The molecule has 0 aromatic heterocycles. The zero-order valence-corrected chi connectivity index (χ0v) is 12.7. The topological polar surface area (TPSA) is 52.6 Å². The standard InChI is InChI=1S/C15H30N2O2/c1-4-6-11-17(13-7-8-13)12-9-15(3,14(18)19)16-10-5-2/h13,16H,4-12H2,1-3H3,(H,18,19). The molecule has 0 radical (unpaired) electrons. The maximum absolute atomic E-state index is 11.5. The van der Waals surface area contributed by atoms with Crippen molar-refractivity contribution in [3.63, 3.8) is 0 Å². The van der Waals surface area contributed by atoms with Crippen LogP contribution in [0.3, 0.4) is 0 Å². The van der Waals surface area contributed by atoms with Crippen molar-refractivity contribution < 1.29 is 9.90 Å². The van der Waals surface area contributed by atoms with Gasteiger partial charge in [-0.25, -0.2) is 0 Å². The van der Waals surface area contributed by atoms with E-state index >= 15 is 0 Å². The molecule has 19 heavy (non-hydrogen) atoms. The van der Waals surface area contributed by atoms with Crippen LogP contribution < -0.4 is 5.32 Å². The first-order chi connectivity index (χ1) is 9.03. The highest BCUT2D eigenvalue weighted by atomic mass is 16.4. The van der Waals surface area contributed by atoms with Crippen LogP contribution >= 0.6 is 0 Å². The Hall–Kier alpha value is -0.610. The normalized spacial score (nSPS) is 18.5. The molecule has 0 heterocycles. The molecule has 1 atom stereocenters. The lowest BCUT2D eigenvalue weighted by atomic mass is 9.97. The van der Waals surface area contributed by atoms with Gasteiger partial charge in [-0.2, -0.15) is 0 Å². The molecule has 0 aliphatic heterocycles. The van der Waals surface area contributed by atoms with Crippen LogP contribution in [0.2, 0.25) is 0 Å². The smallest absolute Gasteiger partial charge is 0.323 e. The number of nitrogens with one attached hydrogen (secondary N) is 1. The third-order valence-electron chi connectivity index (χ3n) is 4.00. The van der Waals surface area contributed by atoms with E-state index in [0.717, 1.165) is 32.1 Å². The molecule has 1 rings (SSSR count). The van der Waals surface area contributed by atoms with Crippen LogP contribution in [0.4, 0.5) is 0 Å². The van der Waals surface area contributed by atoms with E-state index in [0.29, 0.717) is 6.42 Å². The monoisotopic (exact) mass is 270 g/mol. The van der Waals surface area contributed by atoms with Gasteiger partial charge in [0, 0.05) is 12.6 Å². The van der Waals surface area contributed by atoms with Crippen molar-refractivity contribution in [1.82, 2.24) is 10.2 Å². The van der Waals surface area contributed by atoms with Gasteiger partial charge >= 0.3 is 5.97 Å². The van der Waals surface area contributed by atoms with E-state index in [2.05, 4.69) is 24.1 Å². The van der Waals surface area contributed by atoms with E-state index in [9.17, 15) is 9.90 Å². The SMILES string of the molecule is CCCCN(CCC(C)(NCCC)C(=O)O)C1CC1. The van der Waals surface area contributed by atoms with Crippen molar-refractivity contribution in [2.45, 2.75) is 70.9 Å². The van der Waals surface area contributed by atoms with Crippen LogP contribution in [0.25, 0.3) is 0 Å². The lowest BCUT2D eigenvalue weighted by molar-refractivity contribution is -0.144. The fourth-order valence-corrected chi connectivity index (χ4v) is 2.32. The summed E-state index contributed by atoms with van der Waals surface area (Å²) in [6.45, 7) is 8.86. The van der Waals surface area contributed by atoms with Crippen molar-refractivity contribution in [3.8, 4) is 0 Å². The molecule has 0 aromatic rings. The van der Waals surface area contributed by atoms with Crippen LogP contribution in [-0.2, 0) is 4.79 Å². The summed E-state index contributed by atoms with van der Waals surface area (Å²) >= 11 is 0. The van der Waals surface area contributed by atoms with Crippen LogP contribution in [-0.4, -0.2) is 47.2 Å². The zero-order chi connectivity index (χ0) is 14.3. The first-order valence-corrected chi connectivity index (χ1v) is 7.76. The first kappa shape index (κ1) is 16.4. The average Bonchev–Trinajstić information content (AvgIpc) is 3.20. The molecule has 2 N–H and O–H groups in total. The van der Waals surface area contributed by atoms with Crippen molar-refractivity contribution in [2.24, 2.45) is 0 Å². The van der Waals surface area contributed by atoms with Crippen molar-refractivity contribution in [3.05, 3.63) is 0 Å². The van der Waals surface area contributed by atoms with Gasteiger partial charge in [0.05, 0.1) is 0 Å². The number of unbranched alkanes of at least 4 members (excludes halogenated alkanes) is 1. The van der Waals surface area contributed by atoms with Gasteiger partial charge < -0.3 is 15.3 Å². The van der Waals surface area contributed by atoms with Crippen LogP contribution in [0, 0.1) is 0 Å². The number of rotatable bonds is 11. The number of hydrogen-bond donors (Lipinski definition) is 2. The molecule has 0 spiro atoms. The Balaban J connectivity index is 2.45. The summed E-state index contributed by atoms with van der Waals surface area (Å²) in [4.78, 5) is 13.9. The molecule has 1 aliphatic rings. The van der Waals surface area contributed by atoms with Gasteiger partial charge in [0.2, 0.25) is 0 Å². The van der Waals surface area contributed by atoms with Gasteiger partial charge in [0.25, 0.3) is 0 Å². The van der Waals surface area contributed by atoms with E-state index < -0.39 is 11.5 Å². The Morgan fingerprint density at radius 2 is 2.00 bits per heavy atom. The highest BCUT2D eigenvalue weighted by Gasteiger charge is 2.35. The molecule has 1 unspecified atom stereocenters. The summed E-state index contributed by atoms with van der Waals surface area (Å²) < 4.78 is 0. The summed E-state index contributed by atoms with van der Waals surface area (Å²) in [7, 11) is 0. The van der Waals surface area contributed by atoms with Gasteiger partial charge in [0.15, 0.2) is 0 Å². The van der Waals surface area contributed by atoms with Crippen LogP contribution in [0.15, 0.2) is 0 Å². The fraction of sp³-hybridized carbons (Fsp3) is 0.933. The molecule has 1 aliphatic carbocycles. The van der Waals surface area contributed by atoms with Crippen molar-refractivity contribution in [1.29, 1.82) is 0 Å². The predicted octanol–water partition coefficient (Wildman–Crippen LogP) is 2.48. The van der Waals surface area contributed by atoms with Gasteiger partial charge in [-0.05, 0) is 52.1 Å². The largest absolute Gasteiger partial charge is 0.480 e. The molecule has 1 saturated carbocycles. The second-order valence-corrected chi connectivity index (χ2v) is 5.93. The molecular formula is C15H30N2O2. The Bertz CT molecular complexity index is 279. The first-order valence-electron chi connectivity index (χ1n) is 7.76. The molecule has 0 bridgehead atoms. The maximum Gasteiger partial charge on any atom is 0.323 e. The quantitative estimate of drug-likeness (QED) is 0.605. The van der Waals surface area contributed by atoms with Crippen LogP contribution in [0.5, 0.6) is 0 Å². The summed E-state index contributed by atoms with van der Waals surface area (Å²) in [5.74, 6) is -0.729. The molecule has 1 fully saturated rings. The molecule has 0 aromatic carbocycles. The number of carboxylic acids is 1. The van der Waals surface area contributed by atoms with E-state index in [1.54, 1.807) is 0 Å². The molecule has 4 heteroatoms. The number of hydrogen-bond acceptors (Lipinski definition) is 3. The van der Waals surface area contributed by atoms with E-state index in [-0.39, 0.29) is 0 Å². The van der Waals surface area contributed by atoms with Crippen molar-refractivity contribution in [2.75, 3.05) is 19.6 Å². The Morgan fingerprint density at radius 1 is 1.32 bits per heavy atom. The third-order valence-corrected chi connectivity index (χ3v) is 4.00. The number of nitrogens with zero attached hydrogens (tertiary/aromatic N) is 1. The highest BCUT2D eigenvalue weighted by Crippen LogP contribution is 2.28. The summed E-state index contributed by atoms with van der Waals surface area (Å²) in [6, 6.07) is 0.718. The van der Waals surface area contributed by atoms with E-state index in [4.69, 9.17) is 0 Å². The third kappa shape index (κ3) is 5.49. The van der Waals surface area contributed by atoms with Gasteiger partial charge in [-0.3, -0.25) is 4.79 Å². The summed E-state index contributed by atoms with van der Waals surface area (Å²) in [5, 5.41) is 12.6. The second kappa shape index (κ2) is 7.85. The molecule has 4 nitrogen and oxygen atoms in total. The summed E-state index contributed by atoms with van der Waals surface area (Å²) in [5.41, 5.74) is -0.782.